The molecule has 0 aromatic carbocycles. The van der Waals surface area contributed by atoms with Crippen LogP contribution in [0, 0.1) is 5.92 Å². The van der Waals surface area contributed by atoms with Gasteiger partial charge in [-0.05, 0) is 24.8 Å². The fraction of sp³-hybridized carbons (Fsp3) is 0.643. The summed E-state index contributed by atoms with van der Waals surface area (Å²) in [7, 11) is 1.30. The topological polar surface area (TPSA) is 84.3 Å². The molecule has 0 bridgehead atoms. The van der Waals surface area contributed by atoms with E-state index in [0.29, 0.717) is 11.7 Å². The van der Waals surface area contributed by atoms with Crippen molar-refractivity contribution in [2.75, 3.05) is 19.0 Å². The van der Waals surface area contributed by atoms with Crippen LogP contribution in [0.3, 0.4) is 0 Å². The molecule has 2 unspecified atom stereocenters. The lowest BCUT2D eigenvalue weighted by molar-refractivity contribution is 0.0586. The number of carbonyl (C=O) groups excluding carboxylic acids is 1. The van der Waals surface area contributed by atoms with E-state index in [1.165, 1.54) is 19.7 Å². The summed E-state index contributed by atoms with van der Waals surface area (Å²) in [4.78, 5) is 19.5. The molecule has 0 spiro atoms. The van der Waals surface area contributed by atoms with Crippen molar-refractivity contribution in [3.8, 4) is 0 Å². The van der Waals surface area contributed by atoms with Crippen molar-refractivity contribution in [1.82, 2.24) is 9.97 Å². The number of hydrogen-bond acceptors (Lipinski definition) is 6. The average Bonchev–Trinajstić information content (AvgIpc) is 2.46. The minimum atomic E-state index is -0.566. The number of nitrogens with one attached hydrogen (secondary N) is 1. The maximum absolute atomic E-state index is 11.4. The van der Waals surface area contributed by atoms with Crippen molar-refractivity contribution in [2.45, 2.75) is 38.1 Å². The zero-order valence-electron chi connectivity index (χ0n) is 11.9. The van der Waals surface area contributed by atoms with Crippen LogP contribution in [0.25, 0.3) is 0 Å². The van der Waals surface area contributed by atoms with Gasteiger partial charge in [0, 0.05) is 6.20 Å². The first-order chi connectivity index (χ1) is 9.58. The highest BCUT2D eigenvalue weighted by molar-refractivity contribution is 5.85. The molecule has 2 rings (SSSR count). The van der Waals surface area contributed by atoms with E-state index in [0.717, 1.165) is 19.3 Å². The van der Waals surface area contributed by atoms with Gasteiger partial charge in [0.15, 0.2) is 0 Å². The molecule has 0 saturated heterocycles. The number of carbonyl (C=O) groups is 1. The molecule has 0 amide bonds. The van der Waals surface area contributed by atoms with Crippen LogP contribution >= 0.6 is 0 Å². The highest BCUT2D eigenvalue weighted by atomic mass is 16.5. The van der Waals surface area contributed by atoms with Crippen molar-refractivity contribution < 1.29 is 14.6 Å². The molecular formula is C14H21N3O3. The van der Waals surface area contributed by atoms with Crippen LogP contribution in [0.15, 0.2) is 12.3 Å². The van der Waals surface area contributed by atoms with E-state index in [1.54, 1.807) is 6.07 Å². The predicted octanol–water partition coefficient (Wildman–Crippen LogP) is 1.62. The van der Waals surface area contributed by atoms with Gasteiger partial charge in [0.2, 0.25) is 5.82 Å². The number of esters is 1. The first-order valence-corrected chi connectivity index (χ1v) is 6.89. The van der Waals surface area contributed by atoms with Gasteiger partial charge in [-0.1, -0.05) is 19.8 Å². The minimum absolute atomic E-state index is 0.0226. The SMILES string of the molecule is COC(=O)c1nccc(NC2(CO)CCCC(C)C2)n1. The van der Waals surface area contributed by atoms with Gasteiger partial charge in [0.05, 0.1) is 19.3 Å². The monoisotopic (exact) mass is 279 g/mol. The lowest BCUT2D eigenvalue weighted by Gasteiger charge is -2.39. The third-order valence-corrected chi connectivity index (χ3v) is 3.81. The molecule has 20 heavy (non-hydrogen) atoms. The van der Waals surface area contributed by atoms with Gasteiger partial charge in [-0.15, -0.1) is 0 Å². The number of aliphatic hydroxyl groups excluding tert-OH is 1. The third-order valence-electron chi connectivity index (χ3n) is 3.81. The number of nitrogens with zero attached hydrogens (tertiary/aromatic N) is 2. The van der Waals surface area contributed by atoms with Gasteiger partial charge < -0.3 is 15.2 Å². The number of rotatable bonds is 4. The molecule has 2 atom stereocenters. The van der Waals surface area contributed by atoms with Crippen LogP contribution in [0.2, 0.25) is 0 Å². The summed E-state index contributed by atoms with van der Waals surface area (Å²) in [6.07, 6.45) is 5.55. The summed E-state index contributed by atoms with van der Waals surface area (Å²) in [5.74, 6) is 0.562. The first kappa shape index (κ1) is 14.7. The molecule has 0 aliphatic heterocycles. The molecule has 0 radical (unpaired) electrons. The predicted molar refractivity (Wildman–Crippen MR) is 74.4 cm³/mol. The van der Waals surface area contributed by atoms with Crippen LogP contribution < -0.4 is 5.32 Å². The molecule has 6 heteroatoms. The summed E-state index contributed by atoms with van der Waals surface area (Å²) in [6.45, 7) is 2.24. The Hall–Kier alpha value is -1.69. The van der Waals surface area contributed by atoms with Crippen molar-refractivity contribution in [2.24, 2.45) is 5.92 Å². The zero-order chi connectivity index (χ0) is 14.6. The Bertz CT molecular complexity index is 480. The van der Waals surface area contributed by atoms with Crippen LogP contribution in [-0.4, -0.2) is 40.3 Å². The van der Waals surface area contributed by atoms with Gasteiger partial charge in [-0.3, -0.25) is 0 Å². The Morgan fingerprint density at radius 2 is 2.45 bits per heavy atom. The average molecular weight is 279 g/mol. The first-order valence-electron chi connectivity index (χ1n) is 6.89. The Labute approximate surface area is 118 Å². The summed E-state index contributed by atoms with van der Waals surface area (Å²) < 4.78 is 4.61. The second-order valence-corrected chi connectivity index (χ2v) is 5.52. The third kappa shape index (κ3) is 3.25. The van der Waals surface area contributed by atoms with Gasteiger partial charge in [0.1, 0.15) is 5.82 Å². The molecule has 1 aromatic heterocycles. The second-order valence-electron chi connectivity index (χ2n) is 5.52. The Morgan fingerprint density at radius 1 is 1.65 bits per heavy atom. The lowest BCUT2D eigenvalue weighted by atomic mass is 9.77. The van der Waals surface area contributed by atoms with E-state index < -0.39 is 5.97 Å². The largest absolute Gasteiger partial charge is 0.463 e. The quantitative estimate of drug-likeness (QED) is 0.815. The molecular weight excluding hydrogens is 258 g/mol. The van der Waals surface area contributed by atoms with Crippen molar-refractivity contribution >= 4 is 11.8 Å². The van der Waals surface area contributed by atoms with Gasteiger partial charge in [-0.25, -0.2) is 14.8 Å². The van der Waals surface area contributed by atoms with E-state index in [2.05, 4.69) is 26.9 Å². The fourth-order valence-corrected chi connectivity index (χ4v) is 2.85. The molecule has 1 aromatic rings. The summed E-state index contributed by atoms with van der Waals surface area (Å²) >= 11 is 0. The summed E-state index contributed by atoms with van der Waals surface area (Å²) in [5.41, 5.74) is -0.362. The lowest BCUT2D eigenvalue weighted by Crippen LogP contribution is -2.46. The second kappa shape index (κ2) is 6.17. The smallest absolute Gasteiger partial charge is 0.376 e. The molecule has 1 aliphatic rings. The van der Waals surface area contributed by atoms with E-state index >= 15 is 0 Å². The minimum Gasteiger partial charge on any atom is -0.463 e. The highest BCUT2D eigenvalue weighted by Gasteiger charge is 2.34. The number of aromatic nitrogens is 2. The number of hydrogen-bond donors (Lipinski definition) is 2. The molecule has 6 nitrogen and oxygen atoms in total. The number of anilines is 1. The van der Waals surface area contributed by atoms with E-state index in [1.807, 2.05) is 0 Å². The summed E-state index contributed by atoms with van der Waals surface area (Å²) in [5, 5.41) is 13.0. The van der Waals surface area contributed by atoms with Crippen molar-refractivity contribution in [3.05, 3.63) is 18.1 Å². The highest BCUT2D eigenvalue weighted by Crippen LogP contribution is 2.34. The van der Waals surface area contributed by atoms with E-state index in [9.17, 15) is 9.90 Å². The molecule has 110 valence electrons. The maximum Gasteiger partial charge on any atom is 0.376 e. The van der Waals surface area contributed by atoms with Crippen LogP contribution in [0.4, 0.5) is 5.82 Å². The van der Waals surface area contributed by atoms with Crippen LogP contribution in [0.5, 0.6) is 0 Å². The Morgan fingerprint density at radius 3 is 3.10 bits per heavy atom. The van der Waals surface area contributed by atoms with Crippen LogP contribution in [-0.2, 0) is 4.74 Å². The van der Waals surface area contributed by atoms with Gasteiger partial charge in [0.25, 0.3) is 0 Å². The normalized spacial score (nSPS) is 26.1. The van der Waals surface area contributed by atoms with Crippen molar-refractivity contribution in [1.29, 1.82) is 0 Å². The summed E-state index contributed by atoms with van der Waals surface area (Å²) in [6, 6.07) is 1.70. The number of ether oxygens (including phenoxy) is 1. The zero-order valence-corrected chi connectivity index (χ0v) is 11.9. The Balaban J connectivity index is 2.17. The molecule has 2 N–H and O–H groups in total. The number of aliphatic hydroxyl groups is 1. The van der Waals surface area contributed by atoms with Gasteiger partial charge in [-0.2, -0.15) is 0 Å². The van der Waals surface area contributed by atoms with Gasteiger partial charge >= 0.3 is 5.97 Å². The standard InChI is InChI=1S/C14H21N3O3/c1-10-4-3-6-14(8-10,9-18)17-11-5-7-15-12(16-11)13(19)20-2/h5,7,10,18H,3-4,6,8-9H2,1-2H3,(H,15,16,17). The molecule has 1 fully saturated rings. The molecule has 1 saturated carbocycles. The van der Waals surface area contributed by atoms with E-state index in [4.69, 9.17) is 0 Å². The van der Waals surface area contributed by atoms with E-state index in [-0.39, 0.29) is 18.0 Å². The number of methoxy groups -OCH3 is 1. The maximum atomic E-state index is 11.4. The molecule has 1 aliphatic carbocycles. The van der Waals surface area contributed by atoms with Crippen LogP contribution in [0.1, 0.15) is 43.2 Å². The van der Waals surface area contributed by atoms with Crippen molar-refractivity contribution in [3.63, 3.8) is 0 Å². The molecule has 1 heterocycles. The fourth-order valence-electron chi connectivity index (χ4n) is 2.85. The Kier molecular flexibility index (Phi) is 4.54.